The van der Waals surface area contributed by atoms with Gasteiger partial charge in [0.1, 0.15) is 0 Å². The molecule has 2 rings (SSSR count). The number of hydrogen-bond donors (Lipinski definition) is 1. The molecule has 18 heavy (non-hydrogen) atoms. The summed E-state index contributed by atoms with van der Waals surface area (Å²) in [5, 5.41) is 3.66. The summed E-state index contributed by atoms with van der Waals surface area (Å²) >= 11 is 11.7. The number of carbonyl (C=O) groups is 1. The maximum absolute atomic E-state index is 11.9. The molecule has 1 amide bonds. The number of aryl methyl sites for hydroxylation is 1. The number of anilines is 1. The van der Waals surface area contributed by atoms with Crippen molar-refractivity contribution in [3.63, 3.8) is 0 Å². The molecule has 1 aromatic carbocycles. The van der Waals surface area contributed by atoms with Crippen LogP contribution in [0.4, 0.5) is 5.69 Å². The average Bonchev–Trinajstić information content (AvgIpc) is 2.28. The molecule has 0 bridgehead atoms. The van der Waals surface area contributed by atoms with E-state index in [-0.39, 0.29) is 5.91 Å². The van der Waals surface area contributed by atoms with Crippen LogP contribution in [0.15, 0.2) is 36.5 Å². The summed E-state index contributed by atoms with van der Waals surface area (Å²) in [4.78, 5) is 16.0. The van der Waals surface area contributed by atoms with Gasteiger partial charge < -0.3 is 5.32 Å². The van der Waals surface area contributed by atoms with Gasteiger partial charge in [-0.15, -0.1) is 0 Å². The molecule has 0 aliphatic carbocycles. The van der Waals surface area contributed by atoms with Crippen molar-refractivity contribution in [2.24, 2.45) is 0 Å². The molecule has 0 saturated carbocycles. The maximum atomic E-state index is 11.9. The second-order valence-corrected chi connectivity index (χ2v) is 4.67. The third-order valence-electron chi connectivity index (χ3n) is 2.29. The topological polar surface area (TPSA) is 42.0 Å². The van der Waals surface area contributed by atoms with Crippen molar-refractivity contribution in [3.05, 3.63) is 57.8 Å². The van der Waals surface area contributed by atoms with E-state index in [4.69, 9.17) is 23.2 Å². The zero-order chi connectivity index (χ0) is 13.1. The van der Waals surface area contributed by atoms with Crippen molar-refractivity contribution in [1.82, 2.24) is 4.98 Å². The molecule has 0 unspecified atom stereocenters. The number of benzene rings is 1. The molecule has 1 N–H and O–H groups in total. The van der Waals surface area contributed by atoms with E-state index in [2.05, 4.69) is 10.3 Å². The van der Waals surface area contributed by atoms with Crippen molar-refractivity contribution < 1.29 is 4.79 Å². The summed E-state index contributed by atoms with van der Waals surface area (Å²) in [7, 11) is 0. The van der Waals surface area contributed by atoms with Crippen molar-refractivity contribution in [2.45, 2.75) is 6.92 Å². The third-order valence-corrected chi connectivity index (χ3v) is 2.73. The molecular weight excluding hydrogens is 271 g/mol. The van der Waals surface area contributed by atoms with Crippen LogP contribution in [0.5, 0.6) is 0 Å². The van der Waals surface area contributed by atoms with Crippen molar-refractivity contribution >= 4 is 34.8 Å². The molecule has 0 fully saturated rings. The molecular formula is C13H10Cl2N2O. The molecule has 0 spiro atoms. The SMILES string of the molecule is Cc1ccc(C(=O)Nc2cc(Cl)cc(Cl)c2)cn1. The zero-order valence-corrected chi connectivity index (χ0v) is 11.1. The Kier molecular flexibility index (Phi) is 3.84. The number of nitrogens with zero attached hydrogens (tertiary/aromatic N) is 1. The van der Waals surface area contributed by atoms with Gasteiger partial charge in [-0.05, 0) is 37.3 Å². The second kappa shape index (κ2) is 5.38. The van der Waals surface area contributed by atoms with E-state index >= 15 is 0 Å². The summed E-state index contributed by atoms with van der Waals surface area (Å²) in [6.45, 7) is 1.86. The highest BCUT2D eigenvalue weighted by molar-refractivity contribution is 6.35. The van der Waals surface area contributed by atoms with Crippen LogP contribution in [-0.2, 0) is 0 Å². The Bertz CT molecular complexity index is 562. The highest BCUT2D eigenvalue weighted by Crippen LogP contribution is 2.22. The summed E-state index contributed by atoms with van der Waals surface area (Å²) in [6.07, 6.45) is 1.52. The minimum Gasteiger partial charge on any atom is -0.322 e. The van der Waals surface area contributed by atoms with Gasteiger partial charge in [0.05, 0.1) is 5.56 Å². The van der Waals surface area contributed by atoms with Crippen LogP contribution in [0, 0.1) is 6.92 Å². The van der Waals surface area contributed by atoms with Gasteiger partial charge in [-0.3, -0.25) is 9.78 Å². The molecule has 3 nitrogen and oxygen atoms in total. The molecule has 0 atom stereocenters. The Morgan fingerprint density at radius 3 is 2.39 bits per heavy atom. The molecule has 2 aromatic rings. The van der Waals surface area contributed by atoms with Gasteiger partial charge in [-0.2, -0.15) is 0 Å². The van der Waals surface area contributed by atoms with E-state index in [9.17, 15) is 4.79 Å². The standard InChI is InChI=1S/C13H10Cl2N2O/c1-8-2-3-9(7-16-8)13(18)17-12-5-10(14)4-11(15)6-12/h2-7H,1H3,(H,17,18). The number of rotatable bonds is 2. The van der Waals surface area contributed by atoms with Crippen LogP contribution >= 0.6 is 23.2 Å². The number of amides is 1. The number of hydrogen-bond acceptors (Lipinski definition) is 2. The zero-order valence-electron chi connectivity index (χ0n) is 9.58. The summed E-state index contributed by atoms with van der Waals surface area (Å²) in [5.41, 5.74) is 1.90. The Balaban J connectivity index is 2.18. The van der Waals surface area contributed by atoms with E-state index in [1.54, 1.807) is 30.3 Å². The second-order valence-electron chi connectivity index (χ2n) is 3.80. The van der Waals surface area contributed by atoms with Crippen LogP contribution in [0.1, 0.15) is 16.1 Å². The Hall–Kier alpha value is -1.58. The predicted octanol–water partition coefficient (Wildman–Crippen LogP) is 3.95. The summed E-state index contributed by atoms with van der Waals surface area (Å²) in [6, 6.07) is 8.36. The van der Waals surface area contributed by atoms with Crippen LogP contribution < -0.4 is 5.32 Å². The lowest BCUT2D eigenvalue weighted by Gasteiger charge is -2.06. The number of aromatic nitrogens is 1. The fourth-order valence-electron chi connectivity index (χ4n) is 1.43. The van der Waals surface area contributed by atoms with Gasteiger partial charge in [-0.1, -0.05) is 23.2 Å². The number of halogens is 2. The minimum atomic E-state index is -0.249. The van der Waals surface area contributed by atoms with Gasteiger partial charge in [0.25, 0.3) is 5.91 Å². The first-order valence-corrected chi connectivity index (χ1v) is 6.00. The van der Waals surface area contributed by atoms with Gasteiger partial charge in [0.2, 0.25) is 0 Å². The lowest BCUT2D eigenvalue weighted by molar-refractivity contribution is 0.102. The molecule has 0 aliphatic rings. The molecule has 0 radical (unpaired) electrons. The van der Waals surface area contributed by atoms with Gasteiger partial charge >= 0.3 is 0 Å². The lowest BCUT2D eigenvalue weighted by Crippen LogP contribution is -2.12. The molecule has 0 aliphatic heterocycles. The summed E-state index contributed by atoms with van der Waals surface area (Å²) < 4.78 is 0. The van der Waals surface area contributed by atoms with E-state index in [0.717, 1.165) is 5.69 Å². The summed E-state index contributed by atoms with van der Waals surface area (Å²) in [5.74, 6) is -0.249. The van der Waals surface area contributed by atoms with Gasteiger partial charge in [0, 0.05) is 27.6 Å². The van der Waals surface area contributed by atoms with E-state index in [0.29, 0.717) is 21.3 Å². The Morgan fingerprint density at radius 2 is 1.83 bits per heavy atom. The highest BCUT2D eigenvalue weighted by Gasteiger charge is 2.07. The van der Waals surface area contributed by atoms with Crippen LogP contribution in [-0.4, -0.2) is 10.9 Å². The highest BCUT2D eigenvalue weighted by atomic mass is 35.5. The van der Waals surface area contributed by atoms with Crippen molar-refractivity contribution in [1.29, 1.82) is 0 Å². The largest absolute Gasteiger partial charge is 0.322 e. The van der Waals surface area contributed by atoms with Gasteiger partial charge in [0.15, 0.2) is 0 Å². The van der Waals surface area contributed by atoms with E-state index < -0.39 is 0 Å². The first-order chi connectivity index (χ1) is 8.54. The Morgan fingerprint density at radius 1 is 1.17 bits per heavy atom. The number of carbonyl (C=O) groups excluding carboxylic acids is 1. The monoisotopic (exact) mass is 280 g/mol. The lowest BCUT2D eigenvalue weighted by atomic mass is 10.2. The predicted molar refractivity (Wildman–Crippen MR) is 73.4 cm³/mol. The van der Waals surface area contributed by atoms with E-state index in [1.165, 1.54) is 6.20 Å². The maximum Gasteiger partial charge on any atom is 0.257 e. The fraction of sp³-hybridized carbons (Fsp3) is 0.0769. The normalized spacial score (nSPS) is 10.2. The average molecular weight is 281 g/mol. The third kappa shape index (κ3) is 3.22. The first kappa shape index (κ1) is 12.9. The molecule has 1 heterocycles. The van der Waals surface area contributed by atoms with Crippen molar-refractivity contribution in [2.75, 3.05) is 5.32 Å². The van der Waals surface area contributed by atoms with Crippen molar-refractivity contribution in [3.8, 4) is 0 Å². The molecule has 0 saturated heterocycles. The smallest absolute Gasteiger partial charge is 0.257 e. The minimum absolute atomic E-state index is 0.249. The van der Waals surface area contributed by atoms with Crippen LogP contribution in [0.2, 0.25) is 10.0 Å². The molecule has 92 valence electrons. The number of nitrogens with one attached hydrogen (secondary N) is 1. The fourth-order valence-corrected chi connectivity index (χ4v) is 1.96. The Labute approximate surface area is 115 Å². The first-order valence-electron chi connectivity index (χ1n) is 5.25. The molecule has 5 heteroatoms. The van der Waals surface area contributed by atoms with E-state index in [1.807, 2.05) is 6.92 Å². The van der Waals surface area contributed by atoms with Crippen LogP contribution in [0.25, 0.3) is 0 Å². The van der Waals surface area contributed by atoms with Crippen LogP contribution in [0.3, 0.4) is 0 Å². The molecule has 1 aromatic heterocycles. The van der Waals surface area contributed by atoms with Gasteiger partial charge in [-0.25, -0.2) is 0 Å². The quantitative estimate of drug-likeness (QED) is 0.905. The number of pyridine rings is 1.